The molecule has 1 aliphatic rings. The number of aromatic nitrogens is 1. The molecule has 0 saturated heterocycles. The monoisotopic (exact) mass is 412 g/mol. The lowest BCUT2D eigenvalue weighted by atomic mass is 9.93. The van der Waals surface area contributed by atoms with Gasteiger partial charge in [0.2, 0.25) is 0 Å². The van der Waals surface area contributed by atoms with E-state index >= 15 is 0 Å². The maximum absolute atomic E-state index is 13.2. The zero-order chi connectivity index (χ0) is 19.7. The maximum atomic E-state index is 13.2. The first kappa shape index (κ1) is 18.7. The average Bonchev–Trinajstić information content (AvgIpc) is 3.22. The van der Waals surface area contributed by atoms with Crippen LogP contribution in [0.4, 0.5) is 0 Å². The van der Waals surface area contributed by atoms with E-state index < -0.39 is 12.0 Å². The van der Waals surface area contributed by atoms with Crippen molar-refractivity contribution >= 4 is 34.8 Å². The highest BCUT2D eigenvalue weighted by Gasteiger charge is 2.36. The van der Waals surface area contributed by atoms with Gasteiger partial charge in [0.1, 0.15) is 16.7 Å². The summed E-state index contributed by atoms with van der Waals surface area (Å²) in [5, 5.41) is 3.10. The van der Waals surface area contributed by atoms with Gasteiger partial charge in [-0.25, -0.2) is 9.78 Å². The highest BCUT2D eigenvalue weighted by Crippen LogP contribution is 2.29. The number of nitrogens with zero attached hydrogens (tertiary/aromatic N) is 2. The third kappa shape index (κ3) is 3.53. The molecule has 0 aliphatic carbocycles. The van der Waals surface area contributed by atoms with E-state index in [1.165, 1.54) is 18.4 Å². The van der Waals surface area contributed by atoms with Gasteiger partial charge in [0, 0.05) is 28.9 Å². The molecule has 1 amide bonds. The van der Waals surface area contributed by atoms with Gasteiger partial charge < -0.3 is 9.64 Å². The van der Waals surface area contributed by atoms with E-state index in [1.54, 1.807) is 22.4 Å². The van der Waals surface area contributed by atoms with E-state index in [2.05, 4.69) is 4.98 Å². The Labute approximate surface area is 171 Å². The van der Waals surface area contributed by atoms with Gasteiger partial charge in [0.25, 0.3) is 5.91 Å². The van der Waals surface area contributed by atoms with Crippen LogP contribution in [0.25, 0.3) is 10.6 Å². The van der Waals surface area contributed by atoms with Crippen LogP contribution in [0.1, 0.15) is 21.6 Å². The Bertz CT molecular complexity index is 1030. The Morgan fingerprint density at radius 2 is 1.86 bits per heavy atom. The third-order valence-electron chi connectivity index (χ3n) is 4.80. The summed E-state index contributed by atoms with van der Waals surface area (Å²) in [6.07, 6.45) is 0.433. The highest BCUT2D eigenvalue weighted by atomic mass is 35.5. The van der Waals surface area contributed by atoms with Crippen molar-refractivity contribution in [2.24, 2.45) is 0 Å². The van der Waals surface area contributed by atoms with Crippen LogP contribution in [0.15, 0.2) is 53.9 Å². The number of methoxy groups -OCH3 is 1. The van der Waals surface area contributed by atoms with E-state index in [1.807, 2.05) is 36.4 Å². The second-order valence-corrected chi connectivity index (χ2v) is 7.78. The number of fused-ring (bicyclic) bond motifs is 1. The van der Waals surface area contributed by atoms with Gasteiger partial charge >= 0.3 is 5.97 Å². The van der Waals surface area contributed by atoms with E-state index in [9.17, 15) is 9.59 Å². The molecule has 5 nitrogen and oxygen atoms in total. The van der Waals surface area contributed by atoms with Crippen molar-refractivity contribution in [1.29, 1.82) is 0 Å². The van der Waals surface area contributed by atoms with Crippen LogP contribution >= 0.6 is 22.9 Å². The van der Waals surface area contributed by atoms with Crippen molar-refractivity contribution in [3.63, 3.8) is 0 Å². The first-order valence-electron chi connectivity index (χ1n) is 8.74. The number of esters is 1. The number of ether oxygens (including phenoxy) is 1. The molecular weight excluding hydrogens is 396 g/mol. The van der Waals surface area contributed by atoms with Gasteiger partial charge in [-0.2, -0.15) is 0 Å². The van der Waals surface area contributed by atoms with Gasteiger partial charge in [-0.05, 0) is 23.3 Å². The minimum atomic E-state index is -0.659. The van der Waals surface area contributed by atoms with Gasteiger partial charge in [-0.3, -0.25) is 4.79 Å². The lowest BCUT2D eigenvalue weighted by Crippen LogP contribution is -2.49. The minimum Gasteiger partial charge on any atom is -0.467 e. The van der Waals surface area contributed by atoms with E-state index in [0.29, 0.717) is 23.7 Å². The Morgan fingerprint density at radius 1 is 1.14 bits per heavy atom. The van der Waals surface area contributed by atoms with Crippen molar-refractivity contribution in [3.05, 3.63) is 75.8 Å². The number of carbonyl (C=O) groups excluding carboxylic acids is 2. The van der Waals surface area contributed by atoms with E-state index in [-0.39, 0.29) is 5.91 Å². The molecule has 7 heteroatoms. The van der Waals surface area contributed by atoms with Crippen LogP contribution in [0.5, 0.6) is 0 Å². The van der Waals surface area contributed by atoms with Crippen molar-refractivity contribution in [2.75, 3.05) is 7.11 Å². The lowest BCUT2D eigenvalue weighted by molar-refractivity contribution is -0.146. The summed E-state index contributed by atoms with van der Waals surface area (Å²) in [6.45, 7) is 0.350. The summed E-state index contributed by atoms with van der Waals surface area (Å²) in [7, 11) is 1.34. The Balaban J connectivity index is 1.64. The SMILES string of the molecule is COC(=O)C1Cc2ccccc2CN1C(=O)c1csc(-c2ccc(Cl)cc2)n1. The number of hydrogen-bond donors (Lipinski definition) is 0. The first-order valence-corrected chi connectivity index (χ1v) is 9.99. The molecule has 0 N–H and O–H groups in total. The summed E-state index contributed by atoms with van der Waals surface area (Å²) in [5.41, 5.74) is 3.30. The van der Waals surface area contributed by atoms with Crippen molar-refractivity contribution in [3.8, 4) is 10.6 Å². The standard InChI is InChI=1S/C21H17ClN2O3S/c1-27-21(26)18-10-14-4-2-3-5-15(14)11-24(18)20(25)17-12-28-19(23-17)13-6-8-16(22)9-7-13/h2-9,12,18H,10-11H2,1H3. The second kappa shape index (κ2) is 7.73. The Morgan fingerprint density at radius 3 is 2.57 bits per heavy atom. The van der Waals surface area contributed by atoms with E-state index in [0.717, 1.165) is 21.7 Å². The van der Waals surface area contributed by atoms with Crippen LogP contribution in [0.3, 0.4) is 0 Å². The number of rotatable bonds is 3. The molecule has 2 aromatic carbocycles. The molecule has 0 radical (unpaired) electrons. The summed E-state index contributed by atoms with van der Waals surface area (Å²) in [5.74, 6) is -0.697. The number of benzene rings is 2. The zero-order valence-electron chi connectivity index (χ0n) is 15.1. The predicted octanol–water partition coefficient (Wildman–Crippen LogP) is 4.20. The van der Waals surface area contributed by atoms with Crippen LogP contribution in [-0.4, -0.2) is 34.9 Å². The molecule has 0 bridgehead atoms. The number of halogens is 1. The molecule has 3 aromatic rings. The fraction of sp³-hybridized carbons (Fsp3) is 0.190. The van der Waals surface area contributed by atoms with Crippen LogP contribution in [0.2, 0.25) is 5.02 Å². The van der Waals surface area contributed by atoms with Gasteiger partial charge in [-0.1, -0.05) is 48.0 Å². The van der Waals surface area contributed by atoms with Crippen LogP contribution in [-0.2, 0) is 22.5 Å². The smallest absolute Gasteiger partial charge is 0.328 e. The molecule has 0 saturated carbocycles. The van der Waals surface area contributed by atoms with Crippen LogP contribution < -0.4 is 0 Å². The molecule has 0 fully saturated rings. The molecule has 1 atom stereocenters. The quantitative estimate of drug-likeness (QED) is 0.605. The summed E-state index contributed by atoms with van der Waals surface area (Å²) < 4.78 is 4.94. The molecule has 2 heterocycles. The predicted molar refractivity (Wildman–Crippen MR) is 108 cm³/mol. The van der Waals surface area contributed by atoms with Crippen LogP contribution in [0, 0.1) is 0 Å². The number of carbonyl (C=O) groups is 2. The van der Waals surface area contributed by atoms with Crippen molar-refractivity contribution < 1.29 is 14.3 Å². The molecule has 1 aliphatic heterocycles. The topological polar surface area (TPSA) is 59.5 Å². The minimum absolute atomic E-state index is 0.277. The lowest BCUT2D eigenvalue weighted by Gasteiger charge is -2.34. The summed E-state index contributed by atoms with van der Waals surface area (Å²) >= 11 is 7.32. The zero-order valence-corrected chi connectivity index (χ0v) is 16.7. The Hall–Kier alpha value is -2.70. The van der Waals surface area contributed by atoms with Crippen molar-refractivity contribution in [1.82, 2.24) is 9.88 Å². The molecule has 142 valence electrons. The van der Waals surface area contributed by atoms with Gasteiger partial charge in [-0.15, -0.1) is 11.3 Å². The molecular formula is C21H17ClN2O3S. The normalized spacial score (nSPS) is 15.8. The average molecular weight is 413 g/mol. The summed E-state index contributed by atoms with van der Waals surface area (Å²) in [4.78, 5) is 31.6. The fourth-order valence-corrected chi connectivity index (χ4v) is 4.25. The summed E-state index contributed by atoms with van der Waals surface area (Å²) in [6, 6.07) is 14.5. The van der Waals surface area contributed by atoms with Crippen molar-refractivity contribution in [2.45, 2.75) is 19.0 Å². The van der Waals surface area contributed by atoms with E-state index in [4.69, 9.17) is 16.3 Å². The Kier molecular flexibility index (Phi) is 5.15. The second-order valence-electron chi connectivity index (χ2n) is 6.49. The highest BCUT2D eigenvalue weighted by molar-refractivity contribution is 7.13. The van der Waals surface area contributed by atoms with Gasteiger partial charge in [0.15, 0.2) is 0 Å². The van der Waals surface area contributed by atoms with Gasteiger partial charge in [0.05, 0.1) is 7.11 Å². The maximum Gasteiger partial charge on any atom is 0.328 e. The molecule has 1 unspecified atom stereocenters. The number of hydrogen-bond acceptors (Lipinski definition) is 5. The number of amides is 1. The molecule has 0 spiro atoms. The molecule has 28 heavy (non-hydrogen) atoms. The third-order valence-corrected chi connectivity index (χ3v) is 5.94. The first-order chi connectivity index (χ1) is 13.6. The fourth-order valence-electron chi connectivity index (χ4n) is 3.33. The largest absolute Gasteiger partial charge is 0.467 e. The number of thiazole rings is 1. The molecule has 4 rings (SSSR count). The molecule has 1 aromatic heterocycles.